The maximum atomic E-state index is 5.14. The lowest BCUT2D eigenvalue weighted by Gasteiger charge is -2.12. The van der Waals surface area contributed by atoms with Gasteiger partial charge in [0.15, 0.2) is 5.82 Å². The Morgan fingerprint density at radius 1 is 0.400 bits per heavy atom. The maximum Gasteiger partial charge on any atom is 0.160 e. The summed E-state index contributed by atoms with van der Waals surface area (Å²) >= 11 is 0. The van der Waals surface area contributed by atoms with Gasteiger partial charge in [-0.2, -0.15) is 0 Å². The van der Waals surface area contributed by atoms with Crippen molar-refractivity contribution in [3.63, 3.8) is 0 Å². The smallest absolute Gasteiger partial charge is 0.160 e. The summed E-state index contributed by atoms with van der Waals surface area (Å²) in [5.74, 6) is 0.702. The molecule has 0 fully saturated rings. The number of benzene rings is 7. The van der Waals surface area contributed by atoms with E-state index in [-0.39, 0.29) is 0 Å². The first kappa shape index (κ1) is 28.3. The molecular weight excluding hydrogens is 609 g/mol. The predicted molar refractivity (Wildman–Crippen MR) is 207 cm³/mol. The molecule has 3 heterocycles. The van der Waals surface area contributed by atoms with Crippen LogP contribution in [0.3, 0.4) is 0 Å². The second kappa shape index (κ2) is 11.4. The average Bonchev–Trinajstić information content (AvgIpc) is 3.75. The van der Waals surface area contributed by atoms with Gasteiger partial charge in [0.25, 0.3) is 0 Å². The van der Waals surface area contributed by atoms with E-state index in [0.717, 1.165) is 44.8 Å². The van der Waals surface area contributed by atoms with Crippen LogP contribution in [-0.4, -0.2) is 19.5 Å². The number of H-pyrrole nitrogens is 1. The number of nitrogens with one attached hydrogen (secondary N) is 1. The van der Waals surface area contributed by atoms with E-state index in [1.165, 1.54) is 43.7 Å². The van der Waals surface area contributed by atoms with E-state index in [4.69, 9.17) is 9.97 Å². The Balaban J connectivity index is 1.11. The van der Waals surface area contributed by atoms with Crippen LogP contribution in [0, 0.1) is 0 Å². The van der Waals surface area contributed by atoms with Gasteiger partial charge in [0.1, 0.15) is 0 Å². The molecular formula is C46H30N4. The zero-order valence-corrected chi connectivity index (χ0v) is 27.1. The summed E-state index contributed by atoms with van der Waals surface area (Å²) in [5, 5.41) is 4.93. The lowest BCUT2D eigenvalue weighted by Crippen LogP contribution is -1.97. The van der Waals surface area contributed by atoms with Crippen molar-refractivity contribution in [2.45, 2.75) is 0 Å². The highest BCUT2D eigenvalue weighted by atomic mass is 15.0. The maximum absolute atomic E-state index is 5.14. The molecule has 4 heteroatoms. The molecule has 0 bridgehead atoms. The minimum Gasteiger partial charge on any atom is -0.353 e. The van der Waals surface area contributed by atoms with Gasteiger partial charge < -0.3 is 9.55 Å². The Bertz CT molecular complexity index is 2830. The highest BCUT2D eigenvalue weighted by molar-refractivity contribution is 6.22. The van der Waals surface area contributed by atoms with E-state index in [1.54, 1.807) is 0 Å². The van der Waals surface area contributed by atoms with Crippen molar-refractivity contribution in [3.8, 4) is 50.7 Å². The number of fused-ring (bicyclic) bond motifs is 7. The summed E-state index contributed by atoms with van der Waals surface area (Å²) in [6.07, 6.45) is 0. The number of rotatable bonds is 5. The van der Waals surface area contributed by atoms with Crippen molar-refractivity contribution in [2.75, 3.05) is 0 Å². The number of aromatic amines is 1. The van der Waals surface area contributed by atoms with Crippen LogP contribution in [0.15, 0.2) is 176 Å². The van der Waals surface area contributed by atoms with E-state index in [1.807, 2.05) is 12.1 Å². The largest absolute Gasteiger partial charge is 0.353 e. The molecule has 0 aliphatic carbocycles. The van der Waals surface area contributed by atoms with Gasteiger partial charge in [-0.15, -0.1) is 0 Å². The molecule has 10 aromatic rings. The summed E-state index contributed by atoms with van der Waals surface area (Å²) in [7, 11) is 0. The minimum atomic E-state index is 0.702. The number of para-hydroxylation sites is 2. The van der Waals surface area contributed by atoms with Gasteiger partial charge in [-0.25, -0.2) is 9.97 Å². The monoisotopic (exact) mass is 638 g/mol. The van der Waals surface area contributed by atoms with Crippen LogP contribution < -0.4 is 0 Å². The molecule has 0 aliphatic heterocycles. The Morgan fingerprint density at radius 3 is 1.68 bits per heavy atom. The summed E-state index contributed by atoms with van der Waals surface area (Å²) < 4.78 is 2.39. The normalized spacial score (nSPS) is 11.6. The third kappa shape index (κ3) is 4.61. The van der Waals surface area contributed by atoms with E-state index in [2.05, 4.69) is 173 Å². The lowest BCUT2D eigenvalue weighted by molar-refractivity contribution is 1.17. The first-order chi connectivity index (χ1) is 24.8. The molecule has 0 atom stereocenters. The van der Waals surface area contributed by atoms with Gasteiger partial charge in [-0.3, -0.25) is 0 Å². The summed E-state index contributed by atoms with van der Waals surface area (Å²) in [4.78, 5) is 13.9. The number of hydrogen-bond donors (Lipinski definition) is 1. The molecule has 7 aromatic carbocycles. The van der Waals surface area contributed by atoms with E-state index in [9.17, 15) is 0 Å². The zero-order chi connectivity index (χ0) is 33.0. The Labute approximate surface area is 289 Å². The molecule has 4 nitrogen and oxygen atoms in total. The molecule has 0 unspecified atom stereocenters. The van der Waals surface area contributed by atoms with Gasteiger partial charge in [0.05, 0.1) is 27.9 Å². The van der Waals surface area contributed by atoms with Crippen LogP contribution in [0.2, 0.25) is 0 Å². The molecule has 0 spiro atoms. The average molecular weight is 639 g/mol. The van der Waals surface area contributed by atoms with Crippen molar-refractivity contribution in [1.29, 1.82) is 0 Å². The molecule has 0 saturated carbocycles. The fourth-order valence-electron chi connectivity index (χ4n) is 7.34. The molecule has 3 aromatic heterocycles. The highest BCUT2D eigenvalue weighted by Gasteiger charge is 2.18. The van der Waals surface area contributed by atoms with E-state index in [0.29, 0.717) is 5.82 Å². The summed E-state index contributed by atoms with van der Waals surface area (Å²) in [5.41, 5.74) is 13.0. The molecule has 10 rings (SSSR count). The van der Waals surface area contributed by atoms with Crippen LogP contribution >= 0.6 is 0 Å². The van der Waals surface area contributed by atoms with Crippen molar-refractivity contribution >= 4 is 43.6 Å². The molecule has 0 aliphatic rings. The fourth-order valence-corrected chi connectivity index (χ4v) is 7.34. The topological polar surface area (TPSA) is 46.5 Å². The number of hydrogen-bond acceptors (Lipinski definition) is 2. The Morgan fingerprint density at radius 2 is 0.940 bits per heavy atom. The minimum absolute atomic E-state index is 0.702. The van der Waals surface area contributed by atoms with Gasteiger partial charge >= 0.3 is 0 Å². The van der Waals surface area contributed by atoms with Crippen molar-refractivity contribution < 1.29 is 0 Å². The molecule has 0 radical (unpaired) electrons. The van der Waals surface area contributed by atoms with Gasteiger partial charge in [-0.1, -0.05) is 146 Å². The van der Waals surface area contributed by atoms with E-state index < -0.39 is 0 Å². The number of nitrogens with zero attached hydrogens (tertiary/aromatic N) is 3. The van der Waals surface area contributed by atoms with Crippen molar-refractivity contribution in [3.05, 3.63) is 176 Å². The Hall–Kier alpha value is -6.78. The second-order valence-electron chi connectivity index (χ2n) is 12.7. The van der Waals surface area contributed by atoms with Gasteiger partial charge in [-0.05, 0) is 41.5 Å². The standard InChI is InChI=1S/C46H30N4/c1-3-11-30(12-4-1)31-19-21-34(22-20-31)46-48-41(32-13-5-2-6-14-32)29-42(49-46)33-23-25-35(26-24-33)50-43-18-10-8-16-37(43)39-28-27-38-36-15-7-9-17-40(36)47-44(38)45(39)50/h1-29,47H. The third-order valence-electron chi connectivity index (χ3n) is 9.78. The van der Waals surface area contributed by atoms with Crippen LogP contribution in [-0.2, 0) is 0 Å². The van der Waals surface area contributed by atoms with Crippen LogP contribution in [0.1, 0.15) is 0 Å². The second-order valence-corrected chi connectivity index (χ2v) is 12.7. The quantitative estimate of drug-likeness (QED) is 0.204. The predicted octanol–water partition coefficient (Wildman–Crippen LogP) is 11.9. The van der Waals surface area contributed by atoms with Crippen LogP contribution in [0.25, 0.3) is 94.3 Å². The number of aromatic nitrogens is 4. The van der Waals surface area contributed by atoms with Gasteiger partial charge in [0, 0.05) is 49.4 Å². The van der Waals surface area contributed by atoms with Crippen LogP contribution in [0.5, 0.6) is 0 Å². The summed E-state index contributed by atoms with van der Waals surface area (Å²) in [6, 6.07) is 61.9. The van der Waals surface area contributed by atoms with Crippen molar-refractivity contribution in [2.24, 2.45) is 0 Å². The fraction of sp³-hybridized carbons (Fsp3) is 0. The van der Waals surface area contributed by atoms with Crippen LogP contribution in [0.4, 0.5) is 0 Å². The van der Waals surface area contributed by atoms with Crippen molar-refractivity contribution in [1.82, 2.24) is 19.5 Å². The molecule has 0 saturated heterocycles. The van der Waals surface area contributed by atoms with E-state index >= 15 is 0 Å². The molecule has 1 N–H and O–H groups in total. The first-order valence-electron chi connectivity index (χ1n) is 16.9. The summed E-state index contributed by atoms with van der Waals surface area (Å²) in [6.45, 7) is 0. The molecule has 234 valence electrons. The molecule has 50 heavy (non-hydrogen) atoms. The Kier molecular flexibility index (Phi) is 6.46. The first-order valence-corrected chi connectivity index (χ1v) is 16.9. The zero-order valence-electron chi connectivity index (χ0n) is 27.1. The molecule has 0 amide bonds. The third-order valence-corrected chi connectivity index (χ3v) is 9.78. The van der Waals surface area contributed by atoms with Gasteiger partial charge in [0.2, 0.25) is 0 Å². The SMILES string of the molecule is c1ccc(-c2ccc(-c3nc(-c4ccccc4)cc(-c4ccc(-n5c6ccccc6c6ccc7c8ccccc8[nH]c7c65)cc4)n3)cc2)cc1. The lowest BCUT2D eigenvalue weighted by atomic mass is 10.0. The highest BCUT2D eigenvalue weighted by Crippen LogP contribution is 2.39.